The number of H-pyrrole nitrogens is 1. The van der Waals surface area contributed by atoms with Crippen LogP contribution in [0.3, 0.4) is 0 Å². The van der Waals surface area contributed by atoms with Crippen LogP contribution in [0.25, 0.3) is 10.9 Å². The zero-order chi connectivity index (χ0) is 28.2. The molecule has 1 aromatic carbocycles. The van der Waals surface area contributed by atoms with E-state index in [2.05, 4.69) is 36.9 Å². The number of amides is 1. The van der Waals surface area contributed by atoms with E-state index in [9.17, 15) is 9.59 Å². The first-order valence-corrected chi connectivity index (χ1v) is 13.6. The van der Waals surface area contributed by atoms with Gasteiger partial charge in [0.15, 0.2) is 0 Å². The van der Waals surface area contributed by atoms with Crippen molar-refractivity contribution in [3.63, 3.8) is 0 Å². The number of carbonyl (C=O) groups excluding carboxylic acids is 1. The molecule has 5 rings (SSSR count). The number of pyridine rings is 2. The van der Waals surface area contributed by atoms with E-state index in [1.54, 1.807) is 19.2 Å². The average molecular weight is 539 g/mol. The van der Waals surface area contributed by atoms with Gasteiger partial charge in [0.2, 0.25) is 0 Å². The molecule has 40 heavy (non-hydrogen) atoms. The number of fused-ring (bicyclic) bond motifs is 1. The van der Waals surface area contributed by atoms with Crippen LogP contribution in [0.1, 0.15) is 51.4 Å². The fourth-order valence-electron chi connectivity index (χ4n) is 5.64. The Morgan fingerprint density at radius 2 is 1.98 bits per heavy atom. The fourth-order valence-corrected chi connectivity index (χ4v) is 5.64. The second-order valence-electron chi connectivity index (χ2n) is 10.5. The van der Waals surface area contributed by atoms with E-state index in [1.165, 1.54) is 7.11 Å². The minimum absolute atomic E-state index is 0.0725. The number of aromatic nitrogens is 3. The molecule has 0 aliphatic carbocycles. The van der Waals surface area contributed by atoms with E-state index in [4.69, 9.17) is 10.00 Å². The van der Waals surface area contributed by atoms with E-state index in [0.717, 1.165) is 61.3 Å². The smallest absolute Gasteiger partial charge is 0.256 e. The number of nitriles is 1. The van der Waals surface area contributed by atoms with Crippen molar-refractivity contribution in [3.05, 3.63) is 92.8 Å². The molecule has 1 saturated heterocycles. The molecule has 4 heterocycles. The SMILES string of the molecule is COc1cc(C)[nH]c(=O)c1CNC(=O)c1c(C)n(CC2CCN(Cc3ccc(C#N)cn3)CC2)c2ccccc12. The predicted octanol–water partition coefficient (Wildman–Crippen LogP) is 4.06. The Kier molecular flexibility index (Phi) is 7.99. The summed E-state index contributed by atoms with van der Waals surface area (Å²) in [5, 5.41) is 12.9. The Morgan fingerprint density at radius 1 is 1.20 bits per heavy atom. The minimum Gasteiger partial charge on any atom is -0.496 e. The number of hydrogen-bond acceptors (Lipinski definition) is 6. The van der Waals surface area contributed by atoms with Crippen molar-refractivity contribution in [2.24, 2.45) is 5.92 Å². The molecule has 0 bridgehead atoms. The monoisotopic (exact) mass is 538 g/mol. The van der Waals surface area contributed by atoms with Gasteiger partial charge in [-0.2, -0.15) is 5.26 Å². The lowest BCUT2D eigenvalue weighted by atomic mass is 9.96. The highest BCUT2D eigenvalue weighted by atomic mass is 16.5. The molecular formula is C31H34N6O3. The van der Waals surface area contributed by atoms with E-state index in [-0.39, 0.29) is 18.0 Å². The standard InChI is InChI=1S/C31H34N6O3/c1-20-14-28(40-3)26(30(38)35-20)17-34-31(39)29-21(2)37(27-7-5-4-6-25(27)29)18-22-10-12-36(13-11-22)19-24-9-8-23(15-32)16-33-24/h4-9,14,16,22H,10-13,17-19H2,1-3H3,(H,34,39)(H,35,38). The minimum atomic E-state index is -0.266. The molecule has 1 amide bonds. The third-order valence-corrected chi connectivity index (χ3v) is 7.82. The Bertz CT molecular complexity index is 1620. The molecule has 0 unspecified atom stereocenters. The first kappa shape index (κ1) is 27.2. The van der Waals surface area contributed by atoms with Gasteiger partial charge < -0.3 is 19.6 Å². The molecule has 206 valence electrons. The maximum Gasteiger partial charge on any atom is 0.256 e. The number of nitrogens with zero attached hydrogens (tertiary/aromatic N) is 4. The zero-order valence-electron chi connectivity index (χ0n) is 23.2. The van der Waals surface area contributed by atoms with Crippen LogP contribution in [-0.4, -0.2) is 45.5 Å². The largest absolute Gasteiger partial charge is 0.496 e. The first-order valence-electron chi connectivity index (χ1n) is 13.6. The van der Waals surface area contributed by atoms with E-state index in [0.29, 0.717) is 34.1 Å². The van der Waals surface area contributed by atoms with E-state index >= 15 is 0 Å². The lowest BCUT2D eigenvalue weighted by Gasteiger charge is -2.32. The number of methoxy groups -OCH3 is 1. The van der Waals surface area contributed by atoms with Gasteiger partial charge in [-0.3, -0.25) is 19.5 Å². The Balaban J connectivity index is 1.28. The molecule has 2 N–H and O–H groups in total. The second-order valence-corrected chi connectivity index (χ2v) is 10.5. The highest BCUT2D eigenvalue weighted by molar-refractivity contribution is 6.08. The van der Waals surface area contributed by atoms with Crippen molar-refractivity contribution in [3.8, 4) is 11.8 Å². The number of likely N-dealkylation sites (tertiary alicyclic amines) is 1. The molecule has 3 aromatic heterocycles. The van der Waals surface area contributed by atoms with E-state index in [1.807, 2.05) is 37.3 Å². The molecule has 0 radical (unpaired) electrons. The van der Waals surface area contributed by atoms with Gasteiger partial charge in [0.05, 0.1) is 36.0 Å². The lowest BCUT2D eigenvalue weighted by molar-refractivity contribution is 0.0951. The van der Waals surface area contributed by atoms with Crippen molar-refractivity contribution in [1.29, 1.82) is 5.26 Å². The van der Waals surface area contributed by atoms with Gasteiger partial charge in [0.25, 0.3) is 11.5 Å². The van der Waals surface area contributed by atoms with Crippen LogP contribution >= 0.6 is 0 Å². The lowest BCUT2D eigenvalue weighted by Crippen LogP contribution is -2.35. The average Bonchev–Trinajstić information content (AvgIpc) is 3.24. The Labute approximate surface area is 233 Å². The molecule has 1 fully saturated rings. The number of hydrogen-bond donors (Lipinski definition) is 2. The van der Waals surface area contributed by atoms with Gasteiger partial charge in [-0.05, 0) is 70.0 Å². The number of ether oxygens (including phenoxy) is 1. The summed E-state index contributed by atoms with van der Waals surface area (Å²) in [6.45, 7) is 7.44. The maximum atomic E-state index is 13.5. The van der Waals surface area contributed by atoms with Gasteiger partial charge in [-0.15, -0.1) is 0 Å². The number of para-hydroxylation sites is 1. The summed E-state index contributed by atoms with van der Waals surface area (Å²) in [5.41, 5.74) is 4.99. The van der Waals surface area contributed by atoms with Gasteiger partial charge in [-0.1, -0.05) is 18.2 Å². The highest BCUT2D eigenvalue weighted by Gasteiger charge is 2.25. The maximum absolute atomic E-state index is 13.5. The van der Waals surface area contributed by atoms with Gasteiger partial charge in [0.1, 0.15) is 11.8 Å². The van der Waals surface area contributed by atoms with Crippen LogP contribution in [-0.2, 0) is 19.6 Å². The summed E-state index contributed by atoms with van der Waals surface area (Å²) >= 11 is 0. The molecule has 1 aliphatic rings. The summed E-state index contributed by atoms with van der Waals surface area (Å²) in [4.78, 5) is 35.6. The second kappa shape index (κ2) is 11.8. The number of benzene rings is 1. The topological polar surface area (TPSA) is 116 Å². The number of aromatic amines is 1. The van der Waals surface area contributed by atoms with Crippen LogP contribution < -0.4 is 15.6 Å². The van der Waals surface area contributed by atoms with Crippen LogP contribution in [0.15, 0.2) is 53.5 Å². The molecule has 0 atom stereocenters. The summed E-state index contributed by atoms with van der Waals surface area (Å²) in [7, 11) is 1.52. The van der Waals surface area contributed by atoms with Gasteiger partial charge >= 0.3 is 0 Å². The third kappa shape index (κ3) is 5.63. The molecular weight excluding hydrogens is 504 g/mol. The molecule has 9 nitrogen and oxygen atoms in total. The van der Waals surface area contributed by atoms with Crippen LogP contribution in [0.5, 0.6) is 5.75 Å². The third-order valence-electron chi connectivity index (χ3n) is 7.82. The quantitative estimate of drug-likeness (QED) is 0.350. The van der Waals surface area contributed by atoms with Crippen LogP contribution in [0.2, 0.25) is 0 Å². The number of carbonyl (C=O) groups is 1. The Morgan fingerprint density at radius 3 is 2.67 bits per heavy atom. The summed E-state index contributed by atoms with van der Waals surface area (Å²) in [6, 6.07) is 15.6. The van der Waals surface area contributed by atoms with Crippen molar-refractivity contribution < 1.29 is 9.53 Å². The Hall–Kier alpha value is -4.42. The number of rotatable bonds is 8. The predicted molar refractivity (Wildman–Crippen MR) is 153 cm³/mol. The molecule has 4 aromatic rings. The molecule has 0 saturated carbocycles. The van der Waals surface area contributed by atoms with Crippen LogP contribution in [0, 0.1) is 31.1 Å². The van der Waals surface area contributed by atoms with Crippen molar-refractivity contribution in [1.82, 2.24) is 24.8 Å². The van der Waals surface area contributed by atoms with Crippen LogP contribution in [0.4, 0.5) is 0 Å². The van der Waals surface area contributed by atoms with E-state index < -0.39 is 0 Å². The molecule has 1 aliphatic heterocycles. The van der Waals surface area contributed by atoms with Gasteiger partial charge in [-0.25, -0.2) is 0 Å². The summed E-state index contributed by atoms with van der Waals surface area (Å²) < 4.78 is 7.65. The fraction of sp³-hybridized carbons (Fsp3) is 0.355. The number of aryl methyl sites for hydroxylation is 1. The number of piperidine rings is 1. The molecule has 9 heteroatoms. The first-order chi connectivity index (χ1) is 19.4. The summed E-state index contributed by atoms with van der Waals surface area (Å²) in [5.74, 6) is 0.743. The van der Waals surface area contributed by atoms with Crippen molar-refractivity contribution in [2.45, 2.75) is 46.3 Å². The summed E-state index contributed by atoms with van der Waals surface area (Å²) in [6.07, 6.45) is 3.74. The zero-order valence-corrected chi connectivity index (χ0v) is 23.2. The van der Waals surface area contributed by atoms with Crippen molar-refractivity contribution >= 4 is 16.8 Å². The van der Waals surface area contributed by atoms with Gasteiger partial charge in [0, 0.05) is 41.6 Å². The normalized spacial score (nSPS) is 14.2. The van der Waals surface area contributed by atoms with Crippen molar-refractivity contribution in [2.75, 3.05) is 20.2 Å². The number of nitrogens with one attached hydrogen (secondary N) is 2. The highest BCUT2D eigenvalue weighted by Crippen LogP contribution is 2.29. The molecule has 0 spiro atoms.